The number of aromatic nitrogens is 2. The quantitative estimate of drug-likeness (QED) is 0.791. The highest BCUT2D eigenvalue weighted by Gasteiger charge is 2.16. The standard InChI is InChI=1S/C12H22N4/c1-10(2)5-7-16(3)12(8-13)11-4-6-14-9-15-11/h4,6,9-10,12H,5,7-8,13H2,1-3H3. The first-order valence-electron chi connectivity index (χ1n) is 5.81. The monoisotopic (exact) mass is 222 g/mol. The molecule has 0 aliphatic heterocycles. The Bertz CT molecular complexity index is 286. The third kappa shape index (κ3) is 3.87. The van der Waals surface area contributed by atoms with Crippen LogP contribution in [0.25, 0.3) is 0 Å². The Morgan fingerprint density at radius 1 is 1.44 bits per heavy atom. The second-order valence-corrected chi connectivity index (χ2v) is 4.55. The van der Waals surface area contributed by atoms with Gasteiger partial charge in [0.15, 0.2) is 0 Å². The second-order valence-electron chi connectivity index (χ2n) is 4.55. The molecule has 4 heteroatoms. The third-order valence-corrected chi connectivity index (χ3v) is 2.76. The first-order chi connectivity index (χ1) is 7.65. The summed E-state index contributed by atoms with van der Waals surface area (Å²) < 4.78 is 0. The summed E-state index contributed by atoms with van der Waals surface area (Å²) in [6.07, 6.45) is 4.52. The molecule has 1 atom stereocenters. The molecule has 0 fully saturated rings. The minimum Gasteiger partial charge on any atom is -0.329 e. The maximum absolute atomic E-state index is 5.81. The molecule has 0 bridgehead atoms. The van der Waals surface area contributed by atoms with E-state index < -0.39 is 0 Å². The van der Waals surface area contributed by atoms with Gasteiger partial charge in [0.2, 0.25) is 0 Å². The van der Waals surface area contributed by atoms with Crippen molar-refractivity contribution >= 4 is 0 Å². The molecule has 4 nitrogen and oxygen atoms in total. The molecular formula is C12H22N4. The van der Waals surface area contributed by atoms with Crippen molar-refractivity contribution in [1.29, 1.82) is 0 Å². The van der Waals surface area contributed by atoms with Crippen molar-refractivity contribution in [1.82, 2.24) is 14.9 Å². The highest BCUT2D eigenvalue weighted by atomic mass is 15.1. The van der Waals surface area contributed by atoms with Gasteiger partial charge in [-0.05, 0) is 32.0 Å². The summed E-state index contributed by atoms with van der Waals surface area (Å²) in [6, 6.07) is 2.13. The van der Waals surface area contributed by atoms with Gasteiger partial charge in [-0.25, -0.2) is 9.97 Å². The molecule has 1 aromatic rings. The van der Waals surface area contributed by atoms with Crippen molar-refractivity contribution in [2.75, 3.05) is 20.1 Å². The zero-order chi connectivity index (χ0) is 12.0. The van der Waals surface area contributed by atoms with Crippen LogP contribution in [0, 0.1) is 5.92 Å². The maximum Gasteiger partial charge on any atom is 0.115 e. The summed E-state index contributed by atoms with van der Waals surface area (Å²) in [5.74, 6) is 0.714. The molecule has 0 saturated heterocycles. The fourth-order valence-corrected chi connectivity index (χ4v) is 1.64. The number of hydrogen-bond donors (Lipinski definition) is 1. The van der Waals surface area contributed by atoms with E-state index in [-0.39, 0.29) is 6.04 Å². The van der Waals surface area contributed by atoms with E-state index in [0.717, 1.165) is 12.2 Å². The molecule has 1 rings (SSSR count). The van der Waals surface area contributed by atoms with Crippen molar-refractivity contribution in [2.24, 2.45) is 11.7 Å². The van der Waals surface area contributed by atoms with Crippen LogP contribution >= 0.6 is 0 Å². The summed E-state index contributed by atoms with van der Waals surface area (Å²) in [4.78, 5) is 10.5. The molecule has 0 aromatic carbocycles. The van der Waals surface area contributed by atoms with Crippen LogP contribution in [-0.2, 0) is 0 Å². The van der Waals surface area contributed by atoms with E-state index >= 15 is 0 Å². The Balaban J connectivity index is 2.60. The first kappa shape index (κ1) is 13.1. The molecule has 1 heterocycles. The lowest BCUT2D eigenvalue weighted by molar-refractivity contribution is 0.232. The van der Waals surface area contributed by atoms with E-state index in [1.807, 2.05) is 6.07 Å². The normalized spacial score (nSPS) is 13.4. The minimum atomic E-state index is 0.196. The average Bonchev–Trinajstić information content (AvgIpc) is 2.29. The molecule has 1 unspecified atom stereocenters. The average molecular weight is 222 g/mol. The van der Waals surface area contributed by atoms with Gasteiger partial charge in [0.05, 0.1) is 11.7 Å². The van der Waals surface area contributed by atoms with Crippen LogP contribution in [0.1, 0.15) is 32.0 Å². The highest BCUT2D eigenvalue weighted by Crippen LogP contribution is 2.16. The summed E-state index contributed by atoms with van der Waals surface area (Å²) in [7, 11) is 2.10. The number of hydrogen-bond acceptors (Lipinski definition) is 4. The van der Waals surface area contributed by atoms with Gasteiger partial charge in [-0.15, -0.1) is 0 Å². The predicted octanol–water partition coefficient (Wildman–Crippen LogP) is 1.45. The van der Waals surface area contributed by atoms with Crippen molar-refractivity contribution in [3.05, 3.63) is 24.3 Å². The van der Waals surface area contributed by atoms with Crippen LogP contribution < -0.4 is 5.73 Å². The highest BCUT2D eigenvalue weighted by molar-refractivity contribution is 5.05. The van der Waals surface area contributed by atoms with Crippen molar-refractivity contribution in [3.8, 4) is 0 Å². The van der Waals surface area contributed by atoms with Crippen molar-refractivity contribution < 1.29 is 0 Å². The maximum atomic E-state index is 5.81. The first-order valence-corrected chi connectivity index (χ1v) is 5.81. The zero-order valence-electron chi connectivity index (χ0n) is 10.4. The second kappa shape index (κ2) is 6.55. The molecule has 0 aliphatic carbocycles. The van der Waals surface area contributed by atoms with E-state index in [9.17, 15) is 0 Å². The smallest absolute Gasteiger partial charge is 0.115 e. The molecule has 0 saturated carbocycles. The molecule has 0 spiro atoms. The summed E-state index contributed by atoms with van der Waals surface area (Å²) >= 11 is 0. The van der Waals surface area contributed by atoms with E-state index in [1.54, 1.807) is 12.5 Å². The van der Waals surface area contributed by atoms with Gasteiger partial charge in [-0.3, -0.25) is 4.90 Å². The fourth-order valence-electron chi connectivity index (χ4n) is 1.64. The topological polar surface area (TPSA) is 55.0 Å². The largest absolute Gasteiger partial charge is 0.329 e. The van der Waals surface area contributed by atoms with Gasteiger partial charge < -0.3 is 5.73 Å². The zero-order valence-corrected chi connectivity index (χ0v) is 10.4. The molecule has 0 amide bonds. The van der Waals surface area contributed by atoms with E-state index in [4.69, 9.17) is 5.73 Å². The summed E-state index contributed by atoms with van der Waals surface area (Å²) in [6.45, 7) is 6.10. The van der Waals surface area contributed by atoms with E-state index in [0.29, 0.717) is 12.5 Å². The van der Waals surface area contributed by atoms with Gasteiger partial charge >= 0.3 is 0 Å². The lowest BCUT2D eigenvalue weighted by Crippen LogP contribution is -2.32. The SMILES string of the molecule is CC(C)CCN(C)C(CN)c1ccncn1. The van der Waals surface area contributed by atoms with Gasteiger partial charge in [0.25, 0.3) is 0 Å². The van der Waals surface area contributed by atoms with Gasteiger partial charge in [0.1, 0.15) is 6.33 Å². The van der Waals surface area contributed by atoms with Crippen molar-refractivity contribution in [2.45, 2.75) is 26.3 Å². The Morgan fingerprint density at radius 3 is 2.69 bits per heavy atom. The molecule has 16 heavy (non-hydrogen) atoms. The summed E-state index contributed by atoms with van der Waals surface area (Å²) in [5.41, 5.74) is 6.81. The van der Waals surface area contributed by atoms with E-state index in [2.05, 4.69) is 35.8 Å². The number of rotatable bonds is 6. The van der Waals surface area contributed by atoms with Gasteiger partial charge in [0, 0.05) is 12.7 Å². The Hall–Kier alpha value is -1.00. The Morgan fingerprint density at radius 2 is 2.19 bits per heavy atom. The summed E-state index contributed by atoms with van der Waals surface area (Å²) in [5, 5.41) is 0. The van der Waals surface area contributed by atoms with Crippen LogP contribution in [0.2, 0.25) is 0 Å². The number of nitrogens with two attached hydrogens (primary N) is 1. The van der Waals surface area contributed by atoms with E-state index in [1.165, 1.54) is 6.42 Å². The predicted molar refractivity (Wildman–Crippen MR) is 65.9 cm³/mol. The van der Waals surface area contributed by atoms with Crippen LogP contribution in [0.3, 0.4) is 0 Å². The molecule has 90 valence electrons. The minimum absolute atomic E-state index is 0.196. The van der Waals surface area contributed by atoms with Gasteiger partial charge in [-0.1, -0.05) is 13.8 Å². The fraction of sp³-hybridized carbons (Fsp3) is 0.667. The Labute approximate surface area is 97.9 Å². The van der Waals surface area contributed by atoms with Crippen LogP contribution in [0.15, 0.2) is 18.6 Å². The lowest BCUT2D eigenvalue weighted by Gasteiger charge is -2.26. The molecule has 0 radical (unpaired) electrons. The molecule has 1 aromatic heterocycles. The van der Waals surface area contributed by atoms with Crippen LogP contribution in [-0.4, -0.2) is 35.0 Å². The number of nitrogens with zero attached hydrogens (tertiary/aromatic N) is 3. The van der Waals surface area contributed by atoms with Crippen molar-refractivity contribution in [3.63, 3.8) is 0 Å². The van der Waals surface area contributed by atoms with Gasteiger partial charge in [-0.2, -0.15) is 0 Å². The molecular weight excluding hydrogens is 200 g/mol. The molecule has 2 N–H and O–H groups in total. The van der Waals surface area contributed by atoms with Crippen LogP contribution in [0.5, 0.6) is 0 Å². The van der Waals surface area contributed by atoms with Crippen LogP contribution in [0.4, 0.5) is 0 Å². The molecule has 0 aliphatic rings. The lowest BCUT2D eigenvalue weighted by atomic mass is 10.1. The third-order valence-electron chi connectivity index (χ3n) is 2.76. The number of likely N-dealkylation sites (N-methyl/N-ethyl adjacent to an activating group) is 1. The Kier molecular flexibility index (Phi) is 5.35.